The van der Waals surface area contributed by atoms with Crippen molar-refractivity contribution in [1.82, 2.24) is 4.98 Å². The first-order valence-electron chi connectivity index (χ1n) is 11.1. The van der Waals surface area contributed by atoms with Crippen molar-refractivity contribution in [3.63, 3.8) is 0 Å². The van der Waals surface area contributed by atoms with Crippen LogP contribution in [-0.4, -0.2) is 22.0 Å². The van der Waals surface area contributed by atoms with Crippen LogP contribution in [0.5, 0.6) is 0 Å². The molecule has 3 aromatic rings. The molecule has 1 aromatic heterocycles. The average Bonchev–Trinajstić information content (AvgIpc) is 3.46. The number of amides is 1. The fraction of sp³-hybridized carbons (Fsp3) is 0.346. The molecule has 5 nitrogen and oxygen atoms in total. The number of carbonyl (C=O) groups is 2. The number of aryl methyl sites for hydroxylation is 3. The molecular formula is C26H26N2O3S2. The van der Waals surface area contributed by atoms with E-state index in [1.807, 2.05) is 30.4 Å². The number of aromatic nitrogens is 1. The van der Waals surface area contributed by atoms with Gasteiger partial charge in [0.05, 0.1) is 22.1 Å². The first-order chi connectivity index (χ1) is 15.8. The summed E-state index contributed by atoms with van der Waals surface area (Å²) in [6.45, 7) is 6.44. The molecule has 7 heteroatoms. The summed E-state index contributed by atoms with van der Waals surface area (Å²) in [6, 6.07) is 10.1. The molecule has 1 saturated carbocycles. The second-order valence-electron chi connectivity index (χ2n) is 9.16. The first kappa shape index (κ1) is 22.2. The number of aliphatic carboxylic acids is 1. The van der Waals surface area contributed by atoms with Gasteiger partial charge in [0.25, 0.3) is 0 Å². The quantitative estimate of drug-likeness (QED) is 0.337. The molecule has 5 rings (SSSR count). The third-order valence-corrected chi connectivity index (χ3v) is 9.05. The Kier molecular flexibility index (Phi) is 5.79. The van der Waals surface area contributed by atoms with Crippen LogP contribution in [0.4, 0.5) is 5.69 Å². The van der Waals surface area contributed by atoms with Gasteiger partial charge in [-0.15, -0.1) is 11.3 Å². The molecule has 1 heterocycles. The lowest BCUT2D eigenvalue weighted by Crippen LogP contribution is -2.36. The Morgan fingerprint density at radius 3 is 2.48 bits per heavy atom. The van der Waals surface area contributed by atoms with Crippen molar-refractivity contribution in [2.24, 2.45) is 23.7 Å². The van der Waals surface area contributed by atoms with Gasteiger partial charge >= 0.3 is 5.97 Å². The van der Waals surface area contributed by atoms with Crippen LogP contribution in [0.2, 0.25) is 0 Å². The molecule has 170 valence electrons. The number of allylic oxidation sites excluding steroid dienone is 2. The Bertz CT molecular complexity index is 1270. The van der Waals surface area contributed by atoms with Crippen LogP contribution in [0.1, 0.15) is 28.7 Å². The van der Waals surface area contributed by atoms with Crippen LogP contribution in [-0.2, 0) is 15.3 Å². The maximum absolute atomic E-state index is 13.0. The number of benzene rings is 2. The van der Waals surface area contributed by atoms with E-state index < -0.39 is 17.8 Å². The molecule has 2 aliphatic rings. The minimum absolute atomic E-state index is 0.0138. The number of carbonyl (C=O) groups excluding carboxylic acids is 1. The third-order valence-electron chi connectivity index (χ3n) is 6.86. The second kappa shape index (κ2) is 8.61. The van der Waals surface area contributed by atoms with E-state index in [1.54, 1.807) is 23.1 Å². The van der Waals surface area contributed by atoms with Crippen molar-refractivity contribution >= 4 is 50.9 Å². The van der Waals surface area contributed by atoms with Gasteiger partial charge in [-0.05, 0) is 73.9 Å². The molecule has 2 N–H and O–H groups in total. The molecule has 4 atom stereocenters. The minimum atomic E-state index is -0.884. The van der Waals surface area contributed by atoms with E-state index in [0.29, 0.717) is 5.69 Å². The van der Waals surface area contributed by atoms with Crippen molar-refractivity contribution < 1.29 is 14.7 Å². The molecule has 0 spiro atoms. The van der Waals surface area contributed by atoms with Gasteiger partial charge in [-0.2, -0.15) is 0 Å². The Morgan fingerprint density at radius 2 is 1.79 bits per heavy atom. The number of anilines is 1. The van der Waals surface area contributed by atoms with Crippen molar-refractivity contribution in [2.75, 3.05) is 5.32 Å². The van der Waals surface area contributed by atoms with Crippen LogP contribution in [0.3, 0.4) is 0 Å². The van der Waals surface area contributed by atoms with Crippen LogP contribution in [0, 0.1) is 44.4 Å². The van der Waals surface area contributed by atoms with Crippen LogP contribution in [0.25, 0.3) is 10.2 Å². The zero-order chi connectivity index (χ0) is 23.3. The summed E-state index contributed by atoms with van der Waals surface area (Å²) in [5.74, 6) is -1.39. The van der Waals surface area contributed by atoms with E-state index in [0.717, 1.165) is 26.7 Å². The maximum atomic E-state index is 13.0. The summed E-state index contributed by atoms with van der Waals surface area (Å²) in [6.07, 6.45) is 4.71. The highest BCUT2D eigenvalue weighted by molar-refractivity contribution is 8.00. The smallest absolute Gasteiger partial charge is 0.307 e. The topological polar surface area (TPSA) is 79.3 Å². The van der Waals surface area contributed by atoms with E-state index >= 15 is 0 Å². The third kappa shape index (κ3) is 4.20. The number of carboxylic acid groups (broad SMARTS) is 1. The summed E-state index contributed by atoms with van der Waals surface area (Å²) < 4.78 is 2.01. The lowest BCUT2D eigenvalue weighted by atomic mass is 9.82. The van der Waals surface area contributed by atoms with Crippen molar-refractivity contribution in [3.05, 3.63) is 64.7 Å². The van der Waals surface area contributed by atoms with Gasteiger partial charge in [-0.25, -0.2) is 4.98 Å². The highest BCUT2D eigenvalue weighted by atomic mass is 32.2. The Balaban J connectivity index is 1.30. The zero-order valence-corrected chi connectivity index (χ0v) is 20.4. The van der Waals surface area contributed by atoms with Crippen molar-refractivity contribution in [2.45, 2.75) is 37.3 Å². The fourth-order valence-corrected chi connectivity index (χ4v) is 7.66. The predicted molar refractivity (Wildman–Crippen MR) is 134 cm³/mol. The summed E-state index contributed by atoms with van der Waals surface area (Å²) in [5.41, 5.74) is 6.84. The summed E-state index contributed by atoms with van der Waals surface area (Å²) in [4.78, 5) is 29.5. The molecule has 1 fully saturated rings. The van der Waals surface area contributed by atoms with Gasteiger partial charge < -0.3 is 10.4 Å². The normalized spacial score (nSPS) is 23.4. The molecule has 1 amide bonds. The molecule has 2 bridgehead atoms. The van der Waals surface area contributed by atoms with Crippen LogP contribution < -0.4 is 5.32 Å². The summed E-state index contributed by atoms with van der Waals surface area (Å²) in [7, 11) is 0. The average molecular weight is 479 g/mol. The number of carboxylic acids is 1. The van der Waals surface area contributed by atoms with E-state index in [-0.39, 0.29) is 17.7 Å². The summed E-state index contributed by atoms with van der Waals surface area (Å²) >= 11 is 3.35. The lowest BCUT2D eigenvalue weighted by Gasteiger charge is -2.23. The fourth-order valence-electron chi connectivity index (χ4n) is 5.36. The van der Waals surface area contributed by atoms with Gasteiger partial charge in [0.2, 0.25) is 5.91 Å². The maximum Gasteiger partial charge on any atom is 0.307 e. The second-order valence-corrected chi connectivity index (χ2v) is 11.4. The molecular weight excluding hydrogens is 452 g/mol. The minimum Gasteiger partial charge on any atom is -0.481 e. The van der Waals surface area contributed by atoms with Gasteiger partial charge in [0, 0.05) is 11.4 Å². The van der Waals surface area contributed by atoms with E-state index in [1.165, 1.54) is 22.3 Å². The molecule has 0 radical (unpaired) electrons. The Morgan fingerprint density at radius 1 is 1.09 bits per heavy atom. The SMILES string of the molecule is Cc1cc(C)c(CSc2nc3ccc(NC(=O)[C@H]4[C@H](C(=O)O)[C@H]5C=C[C@H]4C5)cc3s2)c(C)c1. The van der Waals surface area contributed by atoms with Gasteiger partial charge in [-0.3, -0.25) is 9.59 Å². The predicted octanol–water partition coefficient (Wildman–Crippen LogP) is 5.98. The molecule has 2 aromatic carbocycles. The van der Waals surface area contributed by atoms with Crippen molar-refractivity contribution in [1.29, 1.82) is 0 Å². The number of rotatable bonds is 6. The van der Waals surface area contributed by atoms with Crippen LogP contribution >= 0.6 is 23.1 Å². The van der Waals surface area contributed by atoms with Crippen molar-refractivity contribution in [3.8, 4) is 0 Å². The van der Waals surface area contributed by atoms with Gasteiger partial charge in [0.15, 0.2) is 4.34 Å². The lowest BCUT2D eigenvalue weighted by molar-refractivity contribution is -0.146. The number of nitrogens with one attached hydrogen (secondary N) is 1. The molecule has 0 saturated heterocycles. The first-order valence-corrected chi connectivity index (χ1v) is 12.9. The summed E-state index contributed by atoms with van der Waals surface area (Å²) in [5, 5.41) is 12.6. The van der Waals surface area contributed by atoms with Crippen LogP contribution in [0.15, 0.2) is 46.8 Å². The molecule has 0 aliphatic heterocycles. The Hall–Kier alpha value is -2.64. The largest absolute Gasteiger partial charge is 0.481 e. The molecule has 2 aliphatic carbocycles. The number of thioether (sulfide) groups is 1. The van der Waals surface area contributed by atoms with E-state index in [4.69, 9.17) is 4.98 Å². The Labute approximate surface area is 201 Å². The van der Waals surface area contributed by atoms with Gasteiger partial charge in [0.1, 0.15) is 0 Å². The molecule has 33 heavy (non-hydrogen) atoms. The van der Waals surface area contributed by atoms with E-state index in [9.17, 15) is 14.7 Å². The zero-order valence-electron chi connectivity index (χ0n) is 18.8. The monoisotopic (exact) mass is 478 g/mol. The number of nitrogens with zero attached hydrogens (tertiary/aromatic N) is 1. The highest BCUT2D eigenvalue weighted by Crippen LogP contribution is 2.48. The molecule has 0 unspecified atom stereocenters. The van der Waals surface area contributed by atoms with E-state index in [2.05, 4.69) is 38.2 Å². The number of thiazole rings is 1. The highest BCUT2D eigenvalue weighted by Gasteiger charge is 2.51. The van der Waals surface area contributed by atoms with Gasteiger partial charge in [-0.1, -0.05) is 41.6 Å². The number of hydrogen-bond acceptors (Lipinski definition) is 5. The number of hydrogen-bond donors (Lipinski definition) is 2. The number of fused-ring (bicyclic) bond motifs is 3. The standard InChI is InChI=1S/C26H26N2O3S2/c1-13-8-14(2)19(15(3)9-13)12-32-26-28-20-7-6-18(11-21(20)33-26)27-24(29)22-16-4-5-17(10-16)23(22)25(30)31/h4-9,11,16-17,22-23H,10,12H2,1-3H3,(H,27,29)(H,30,31)/t16-,17-,22+,23+/m0/s1.